The molecule has 0 aliphatic heterocycles. The number of hydrogen-bond acceptors (Lipinski definition) is 6. The molecule has 1 amide bonds. The molecule has 3 rings (SSSR count). The number of hydrogen-bond donors (Lipinski definition) is 1. The normalized spacial score (nSPS) is 10.8. The molecule has 0 atom stereocenters. The zero-order valence-corrected chi connectivity index (χ0v) is 12.3. The molecule has 0 radical (unpaired) electrons. The second-order valence-corrected chi connectivity index (χ2v) is 4.81. The van der Waals surface area contributed by atoms with Crippen molar-refractivity contribution < 1.29 is 9.72 Å². The summed E-state index contributed by atoms with van der Waals surface area (Å²) in [4.78, 5) is 30.3. The maximum absolute atomic E-state index is 11.9. The average molecular weight is 321 g/mol. The van der Waals surface area contributed by atoms with Crippen LogP contribution in [0, 0.1) is 10.1 Å². The lowest BCUT2D eigenvalue weighted by Gasteiger charge is -2.00. The van der Waals surface area contributed by atoms with Crippen molar-refractivity contribution in [3.8, 4) is 0 Å². The van der Waals surface area contributed by atoms with E-state index in [0.29, 0.717) is 0 Å². The Bertz CT molecular complexity index is 938. The van der Waals surface area contributed by atoms with Crippen molar-refractivity contribution in [2.75, 3.05) is 0 Å². The Kier molecular flexibility index (Phi) is 4.19. The lowest BCUT2D eigenvalue weighted by Crippen LogP contribution is -2.17. The number of nitro groups is 1. The third-order valence-corrected chi connectivity index (χ3v) is 3.21. The van der Waals surface area contributed by atoms with Crippen molar-refractivity contribution in [3.05, 3.63) is 76.1 Å². The van der Waals surface area contributed by atoms with E-state index in [9.17, 15) is 14.9 Å². The lowest BCUT2D eigenvalue weighted by molar-refractivity contribution is -0.384. The molecule has 0 saturated carbocycles. The molecule has 2 aromatic carbocycles. The van der Waals surface area contributed by atoms with E-state index in [1.165, 1.54) is 30.5 Å². The molecule has 8 heteroatoms. The van der Waals surface area contributed by atoms with Crippen LogP contribution in [0.5, 0.6) is 0 Å². The molecule has 0 aliphatic rings. The highest BCUT2D eigenvalue weighted by Gasteiger charge is 2.08. The molecule has 3 aromatic rings. The van der Waals surface area contributed by atoms with Gasteiger partial charge in [0.15, 0.2) is 0 Å². The zero-order chi connectivity index (χ0) is 16.9. The number of nitrogens with zero attached hydrogens (tertiary/aromatic N) is 4. The first-order valence-electron chi connectivity index (χ1n) is 6.92. The Morgan fingerprint density at radius 2 is 1.79 bits per heavy atom. The van der Waals surface area contributed by atoms with Gasteiger partial charge in [0.2, 0.25) is 0 Å². The summed E-state index contributed by atoms with van der Waals surface area (Å²) in [5, 5.41) is 14.5. The fourth-order valence-electron chi connectivity index (χ4n) is 2.03. The highest BCUT2D eigenvalue weighted by atomic mass is 16.6. The van der Waals surface area contributed by atoms with E-state index >= 15 is 0 Å². The Labute approximate surface area is 136 Å². The highest BCUT2D eigenvalue weighted by molar-refractivity contribution is 5.95. The summed E-state index contributed by atoms with van der Waals surface area (Å²) in [6.07, 6.45) is 4.69. The van der Waals surface area contributed by atoms with Gasteiger partial charge in [-0.3, -0.25) is 24.9 Å². The summed E-state index contributed by atoms with van der Waals surface area (Å²) in [6, 6.07) is 10.7. The van der Waals surface area contributed by atoms with Gasteiger partial charge in [0.05, 0.1) is 22.2 Å². The van der Waals surface area contributed by atoms with Gasteiger partial charge in [-0.25, -0.2) is 5.43 Å². The number of nitrogens with one attached hydrogen (secondary N) is 1. The van der Waals surface area contributed by atoms with E-state index < -0.39 is 10.8 Å². The fraction of sp³-hybridized carbons (Fsp3) is 0. The number of aromatic nitrogens is 2. The smallest absolute Gasteiger partial charge is 0.267 e. The topological polar surface area (TPSA) is 110 Å². The maximum Gasteiger partial charge on any atom is 0.271 e. The van der Waals surface area contributed by atoms with Crippen LogP contribution in [0.4, 0.5) is 5.69 Å². The zero-order valence-electron chi connectivity index (χ0n) is 12.3. The Hall–Kier alpha value is -3.68. The van der Waals surface area contributed by atoms with Gasteiger partial charge in [-0.2, -0.15) is 5.10 Å². The van der Waals surface area contributed by atoms with Crippen LogP contribution in [0.1, 0.15) is 15.9 Å². The quantitative estimate of drug-likeness (QED) is 0.450. The van der Waals surface area contributed by atoms with Crippen molar-refractivity contribution in [2.24, 2.45) is 5.10 Å². The number of nitro benzene ring substituents is 1. The molecule has 1 N–H and O–H groups in total. The SMILES string of the molecule is O=C(NN=Cc1ccc2nccnc2c1)c1ccc([N+](=O)[O-])cc1. The van der Waals surface area contributed by atoms with Crippen molar-refractivity contribution in [3.63, 3.8) is 0 Å². The fourth-order valence-corrected chi connectivity index (χ4v) is 2.03. The van der Waals surface area contributed by atoms with Crippen molar-refractivity contribution in [1.29, 1.82) is 0 Å². The third kappa shape index (κ3) is 3.38. The van der Waals surface area contributed by atoms with Gasteiger partial charge in [0.25, 0.3) is 11.6 Å². The minimum absolute atomic E-state index is 0.0766. The van der Waals surface area contributed by atoms with Gasteiger partial charge in [0, 0.05) is 30.1 Å². The number of hydrazone groups is 1. The molecule has 118 valence electrons. The van der Waals surface area contributed by atoms with Crippen LogP contribution in [0.25, 0.3) is 11.0 Å². The van der Waals surface area contributed by atoms with Crippen LogP contribution < -0.4 is 5.43 Å². The second kappa shape index (κ2) is 6.61. The van der Waals surface area contributed by atoms with E-state index in [-0.39, 0.29) is 11.3 Å². The summed E-state index contributed by atoms with van der Waals surface area (Å²) in [7, 11) is 0. The van der Waals surface area contributed by atoms with Crippen LogP contribution in [-0.2, 0) is 0 Å². The second-order valence-electron chi connectivity index (χ2n) is 4.81. The summed E-state index contributed by atoms with van der Waals surface area (Å²) >= 11 is 0. The maximum atomic E-state index is 11.9. The average Bonchev–Trinajstić information content (AvgIpc) is 2.61. The summed E-state index contributed by atoms with van der Waals surface area (Å²) in [5.74, 6) is -0.457. The van der Waals surface area contributed by atoms with Crippen LogP contribution in [0.2, 0.25) is 0 Å². The van der Waals surface area contributed by atoms with Crippen molar-refractivity contribution >= 4 is 28.8 Å². The molecular weight excluding hydrogens is 310 g/mol. The van der Waals surface area contributed by atoms with Crippen LogP contribution in [-0.4, -0.2) is 27.0 Å². The predicted octanol–water partition coefficient (Wildman–Crippen LogP) is 2.30. The largest absolute Gasteiger partial charge is 0.271 e. The molecule has 24 heavy (non-hydrogen) atoms. The van der Waals surface area contributed by atoms with Gasteiger partial charge in [-0.1, -0.05) is 6.07 Å². The molecule has 0 aliphatic carbocycles. The van der Waals surface area contributed by atoms with Crippen LogP contribution >= 0.6 is 0 Å². The summed E-state index contributed by atoms with van der Waals surface area (Å²) in [6.45, 7) is 0. The van der Waals surface area contributed by atoms with E-state index in [2.05, 4.69) is 20.5 Å². The molecular formula is C16H11N5O3. The van der Waals surface area contributed by atoms with Gasteiger partial charge >= 0.3 is 0 Å². The standard InChI is InChI=1S/C16H11N5O3/c22-16(12-2-4-13(5-3-12)21(23)24)20-19-10-11-1-6-14-15(9-11)18-8-7-17-14/h1-10H,(H,20,22). The first-order valence-corrected chi connectivity index (χ1v) is 6.92. The Morgan fingerprint density at radius 3 is 2.50 bits per heavy atom. The molecule has 1 heterocycles. The third-order valence-electron chi connectivity index (χ3n) is 3.21. The van der Waals surface area contributed by atoms with E-state index in [1.54, 1.807) is 24.5 Å². The minimum Gasteiger partial charge on any atom is -0.267 e. The lowest BCUT2D eigenvalue weighted by atomic mass is 10.2. The predicted molar refractivity (Wildman–Crippen MR) is 87.7 cm³/mol. The number of carbonyl (C=O) groups excluding carboxylic acids is 1. The molecule has 8 nitrogen and oxygen atoms in total. The molecule has 0 unspecified atom stereocenters. The monoisotopic (exact) mass is 321 g/mol. The van der Waals surface area contributed by atoms with Crippen molar-refractivity contribution in [1.82, 2.24) is 15.4 Å². The Morgan fingerprint density at radius 1 is 1.08 bits per heavy atom. The first kappa shape index (κ1) is 15.2. The Balaban J connectivity index is 1.68. The van der Waals surface area contributed by atoms with Gasteiger partial charge in [-0.15, -0.1) is 0 Å². The van der Waals surface area contributed by atoms with Crippen LogP contribution in [0.15, 0.2) is 60.0 Å². The van der Waals surface area contributed by atoms with Gasteiger partial charge in [0.1, 0.15) is 0 Å². The summed E-state index contributed by atoms with van der Waals surface area (Å²) < 4.78 is 0. The molecule has 0 fully saturated rings. The number of benzene rings is 2. The van der Waals surface area contributed by atoms with Crippen LogP contribution in [0.3, 0.4) is 0 Å². The molecule has 0 bridgehead atoms. The van der Waals surface area contributed by atoms with E-state index in [1.807, 2.05) is 6.07 Å². The van der Waals surface area contributed by atoms with E-state index in [4.69, 9.17) is 0 Å². The number of amides is 1. The number of carbonyl (C=O) groups is 1. The summed E-state index contributed by atoms with van der Waals surface area (Å²) in [5.41, 5.74) is 4.82. The minimum atomic E-state index is -0.525. The number of fused-ring (bicyclic) bond motifs is 1. The highest BCUT2D eigenvalue weighted by Crippen LogP contribution is 2.12. The number of non-ortho nitro benzene ring substituents is 1. The van der Waals surface area contributed by atoms with E-state index in [0.717, 1.165) is 16.6 Å². The molecule has 0 spiro atoms. The van der Waals surface area contributed by atoms with Gasteiger partial charge in [-0.05, 0) is 29.8 Å². The first-order chi connectivity index (χ1) is 11.6. The molecule has 0 saturated heterocycles. The van der Waals surface area contributed by atoms with Gasteiger partial charge < -0.3 is 0 Å². The molecule has 1 aromatic heterocycles. The van der Waals surface area contributed by atoms with Crippen molar-refractivity contribution in [2.45, 2.75) is 0 Å². The number of rotatable bonds is 4.